The lowest BCUT2D eigenvalue weighted by Crippen LogP contribution is -2.47. The average molecular weight is 605 g/mol. The second kappa shape index (κ2) is 11.9. The van der Waals surface area contributed by atoms with Gasteiger partial charge in [0.15, 0.2) is 5.72 Å². The molecular weight excluding hydrogens is 572 g/mol. The highest BCUT2D eigenvalue weighted by Gasteiger charge is 2.55. The zero-order chi connectivity index (χ0) is 29.4. The van der Waals surface area contributed by atoms with Crippen molar-refractivity contribution in [2.75, 3.05) is 13.2 Å². The SMILES string of the molecule is CCC(O)(c1cc(F)c2c(c1)C(=O)N(Cc1ncc(Cl)cn1)[C@@]2(OCCO)c1ccc(Cl)cc1)C1CCC(O)CC1. The van der Waals surface area contributed by atoms with E-state index in [0.717, 1.165) is 0 Å². The van der Waals surface area contributed by atoms with Gasteiger partial charge in [-0.25, -0.2) is 14.4 Å². The van der Waals surface area contributed by atoms with Crippen LogP contribution in [0.25, 0.3) is 0 Å². The van der Waals surface area contributed by atoms with Gasteiger partial charge >= 0.3 is 0 Å². The largest absolute Gasteiger partial charge is 0.394 e. The minimum Gasteiger partial charge on any atom is -0.394 e. The second-order valence-corrected chi connectivity index (χ2v) is 11.5. The molecule has 0 spiro atoms. The summed E-state index contributed by atoms with van der Waals surface area (Å²) in [4.78, 5) is 24.0. The molecule has 0 radical (unpaired) electrons. The number of nitrogens with zero attached hydrogens (tertiary/aromatic N) is 3. The van der Waals surface area contributed by atoms with Crippen molar-refractivity contribution in [3.63, 3.8) is 0 Å². The van der Waals surface area contributed by atoms with Crippen molar-refractivity contribution in [2.45, 2.75) is 63.0 Å². The Kier molecular flexibility index (Phi) is 8.66. The van der Waals surface area contributed by atoms with E-state index >= 15 is 4.39 Å². The van der Waals surface area contributed by atoms with Crippen LogP contribution >= 0.6 is 23.2 Å². The summed E-state index contributed by atoms with van der Waals surface area (Å²) < 4.78 is 22.8. The Morgan fingerprint density at radius 1 is 1.10 bits per heavy atom. The number of carbonyl (C=O) groups is 1. The van der Waals surface area contributed by atoms with Crippen molar-refractivity contribution in [2.24, 2.45) is 5.92 Å². The molecule has 1 aromatic heterocycles. The standard InChI is InChI=1S/C30H32Cl2FN3O5/c1-2-29(40,18-5-9-23(38)10-6-18)20-13-24-27(25(33)14-20)30(41-12-11-37,19-3-7-21(31)8-4-19)36(28(24)39)17-26-34-15-22(32)16-35-26/h3-4,7-8,13-16,18,23,37-38,40H,2,5-6,9-12,17H2,1H3/t18?,23?,29?,30-/m1/s1. The first-order valence-corrected chi connectivity index (χ1v) is 14.4. The van der Waals surface area contributed by atoms with Crippen LogP contribution in [0.5, 0.6) is 0 Å². The molecule has 2 aliphatic rings. The van der Waals surface area contributed by atoms with E-state index in [1.165, 1.54) is 23.4 Å². The van der Waals surface area contributed by atoms with Crippen molar-refractivity contribution in [3.8, 4) is 0 Å². The lowest BCUT2D eigenvalue weighted by Gasteiger charge is -2.40. The van der Waals surface area contributed by atoms with Crippen LogP contribution in [0.15, 0.2) is 48.8 Å². The molecule has 0 bridgehead atoms. The molecule has 11 heteroatoms. The lowest BCUT2D eigenvalue weighted by molar-refractivity contribution is -0.121. The summed E-state index contributed by atoms with van der Waals surface area (Å²) in [5, 5.41) is 32.4. The van der Waals surface area contributed by atoms with E-state index in [1.54, 1.807) is 30.3 Å². The number of aromatic nitrogens is 2. The zero-order valence-corrected chi connectivity index (χ0v) is 24.1. The first-order chi connectivity index (χ1) is 19.6. The molecule has 1 fully saturated rings. The summed E-state index contributed by atoms with van der Waals surface area (Å²) >= 11 is 12.1. The van der Waals surface area contributed by atoms with Gasteiger partial charge in [0.05, 0.1) is 47.6 Å². The average Bonchev–Trinajstić information content (AvgIpc) is 3.21. The third-order valence-corrected chi connectivity index (χ3v) is 8.75. The number of halogens is 3. The van der Waals surface area contributed by atoms with Crippen LogP contribution in [-0.2, 0) is 22.6 Å². The highest BCUT2D eigenvalue weighted by atomic mass is 35.5. The molecule has 5 rings (SSSR count). The normalized spacial score (nSPS) is 23.9. The number of fused-ring (bicyclic) bond motifs is 1. The molecule has 2 atom stereocenters. The Hall–Kier alpha value is -2.66. The molecule has 1 unspecified atom stereocenters. The molecule has 1 saturated carbocycles. The Morgan fingerprint density at radius 2 is 1.76 bits per heavy atom. The Morgan fingerprint density at radius 3 is 2.37 bits per heavy atom. The maximum atomic E-state index is 16.5. The van der Waals surface area contributed by atoms with Crippen LogP contribution in [0.4, 0.5) is 4.39 Å². The summed E-state index contributed by atoms with van der Waals surface area (Å²) in [7, 11) is 0. The maximum Gasteiger partial charge on any atom is 0.257 e. The fraction of sp³-hybridized carbons (Fsp3) is 0.433. The summed E-state index contributed by atoms with van der Waals surface area (Å²) in [5.41, 5.74) is -2.49. The van der Waals surface area contributed by atoms with Crippen LogP contribution in [0.2, 0.25) is 10.0 Å². The third kappa shape index (κ3) is 5.35. The minimum absolute atomic E-state index is 0.0320. The van der Waals surface area contributed by atoms with E-state index in [0.29, 0.717) is 53.3 Å². The van der Waals surface area contributed by atoms with Gasteiger partial charge in [-0.2, -0.15) is 0 Å². The van der Waals surface area contributed by atoms with Crippen molar-refractivity contribution in [1.29, 1.82) is 0 Å². The first-order valence-electron chi connectivity index (χ1n) is 13.7. The molecule has 3 aromatic rings. The first kappa shape index (κ1) is 29.8. The number of carbonyl (C=O) groups excluding carboxylic acids is 1. The predicted octanol–water partition coefficient (Wildman–Crippen LogP) is 4.94. The number of amides is 1. The molecule has 1 aliphatic heterocycles. The van der Waals surface area contributed by atoms with Crippen molar-refractivity contribution < 1.29 is 29.2 Å². The predicted molar refractivity (Wildman–Crippen MR) is 151 cm³/mol. The van der Waals surface area contributed by atoms with Crippen LogP contribution in [0.1, 0.15) is 71.9 Å². The van der Waals surface area contributed by atoms with Gasteiger partial charge in [0.25, 0.3) is 5.91 Å². The highest BCUT2D eigenvalue weighted by molar-refractivity contribution is 6.30. The maximum absolute atomic E-state index is 16.5. The Bertz CT molecular complexity index is 1400. The second-order valence-electron chi connectivity index (χ2n) is 10.6. The monoisotopic (exact) mass is 603 g/mol. The van der Waals surface area contributed by atoms with Crippen LogP contribution in [-0.4, -0.2) is 55.4 Å². The number of hydrogen-bond donors (Lipinski definition) is 3. The van der Waals surface area contributed by atoms with E-state index < -0.39 is 29.2 Å². The zero-order valence-electron chi connectivity index (χ0n) is 22.6. The third-order valence-electron chi connectivity index (χ3n) is 8.31. The molecule has 2 heterocycles. The van der Waals surface area contributed by atoms with Crippen molar-refractivity contribution in [1.82, 2.24) is 14.9 Å². The fourth-order valence-corrected chi connectivity index (χ4v) is 6.45. The lowest BCUT2D eigenvalue weighted by atomic mass is 9.71. The number of aliphatic hydroxyl groups is 3. The summed E-state index contributed by atoms with van der Waals surface area (Å²) in [6, 6.07) is 9.32. The topological polar surface area (TPSA) is 116 Å². The van der Waals surface area contributed by atoms with Gasteiger partial charge < -0.3 is 20.1 Å². The number of hydrogen-bond acceptors (Lipinski definition) is 7. The number of aliphatic hydroxyl groups excluding tert-OH is 2. The van der Waals surface area contributed by atoms with Gasteiger partial charge in [-0.1, -0.05) is 42.3 Å². The molecule has 218 valence electrons. The van der Waals surface area contributed by atoms with E-state index in [4.69, 9.17) is 27.9 Å². The quantitative estimate of drug-likeness (QED) is 0.317. The van der Waals surface area contributed by atoms with E-state index in [-0.39, 0.29) is 42.6 Å². The smallest absolute Gasteiger partial charge is 0.257 e. The van der Waals surface area contributed by atoms with Crippen LogP contribution in [0, 0.1) is 11.7 Å². The molecule has 1 amide bonds. The van der Waals surface area contributed by atoms with Gasteiger partial charge in [0, 0.05) is 23.0 Å². The summed E-state index contributed by atoms with van der Waals surface area (Å²) in [6.07, 6.45) is 4.92. The van der Waals surface area contributed by atoms with Crippen LogP contribution in [0.3, 0.4) is 0 Å². The molecule has 3 N–H and O–H groups in total. The molecule has 8 nitrogen and oxygen atoms in total. The van der Waals surface area contributed by atoms with Crippen molar-refractivity contribution >= 4 is 29.1 Å². The molecule has 0 saturated heterocycles. The van der Waals surface area contributed by atoms with Gasteiger partial charge in [0.2, 0.25) is 0 Å². The van der Waals surface area contributed by atoms with Gasteiger partial charge in [0.1, 0.15) is 11.6 Å². The molecular formula is C30H32Cl2FN3O5. The van der Waals surface area contributed by atoms with Gasteiger partial charge in [-0.3, -0.25) is 9.69 Å². The van der Waals surface area contributed by atoms with Crippen molar-refractivity contribution in [3.05, 3.63) is 92.7 Å². The summed E-state index contributed by atoms with van der Waals surface area (Å²) in [6.45, 7) is 1.07. The Balaban J connectivity index is 1.70. The molecule has 1 aliphatic carbocycles. The molecule has 2 aromatic carbocycles. The van der Waals surface area contributed by atoms with Crippen LogP contribution < -0.4 is 0 Å². The van der Waals surface area contributed by atoms with E-state index in [2.05, 4.69) is 9.97 Å². The number of rotatable bonds is 9. The Labute approximate surface area is 247 Å². The molecule has 41 heavy (non-hydrogen) atoms. The summed E-state index contributed by atoms with van der Waals surface area (Å²) in [5.74, 6) is -1.26. The van der Waals surface area contributed by atoms with Gasteiger partial charge in [-0.05, 0) is 67.9 Å². The number of benzene rings is 2. The highest BCUT2D eigenvalue weighted by Crippen LogP contribution is 2.50. The minimum atomic E-state index is -1.79. The number of ether oxygens (including phenoxy) is 1. The van der Waals surface area contributed by atoms with E-state index in [1.807, 2.05) is 6.92 Å². The van der Waals surface area contributed by atoms with E-state index in [9.17, 15) is 20.1 Å². The van der Waals surface area contributed by atoms with Gasteiger partial charge in [-0.15, -0.1) is 0 Å². The fourth-order valence-electron chi connectivity index (χ4n) is 6.22.